The number of halogens is 4. The predicted molar refractivity (Wildman–Crippen MR) is 92.2 cm³/mol. The van der Waals surface area contributed by atoms with E-state index in [4.69, 9.17) is 5.73 Å². The van der Waals surface area contributed by atoms with E-state index < -0.39 is 29.2 Å². The fourth-order valence-electron chi connectivity index (χ4n) is 3.26. The van der Waals surface area contributed by atoms with E-state index in [0.29, 0.717) is 27.9 Å². The zero-order chi connectivity index (χ0) is 19.3. The van der Waals surface area contributed by atoms with Gasteiger partial charge in [0.2, 0.25) is 5.91 Å². The van der Waals surface area contributed by atoms with E-state index in [-0.39, 0.29) is 17.7 Å². The molecule has 3 nitrogen and oxygen atoms in total. The minimum absolute atomic E-state index is 0.124. The molecule has 1 heterocycles. The monoisotopic (exact) mass is 371 g/mol. The number of carbonyl (C=O) groups is 1. The lowest BCUT2D eigenvalue weighted by molar-refractivity contribution is 0.100. The average Bonchev–Trinajstić information content (AvgIpc) is 2.92. The summed E-state index contributed by atoms with van der Waals surface area (Å²) >= 11 is 0. The summed E-state index contributed by atoms with van der Waals surface area (Å²) in [6.45, 7) is -0.206. The summed E-state index contributed by atoms with van der Waals surface area (Å²) in [5, 5.41) is 0.854. The lowest BCUT2D eigenvalue weighted by atomic mass is 10.1. The van der Waals surface area contributed by atoms with Crippen molar-refractivity contribution < 1.29 is 22.4 Å². The molecule has 0 aliphatic heterocycles. The van der Waals surface area contributed by atoms with Gasteiger partial charge in [0.05, 0.1) is 17.6 Å². The number of aromatic nitrogens is 1. The summed E-state index contributed by atoms with van der Waals surface area (Å²) in [4.78, 5) is 11.8. The number of primary amides is 1. The van der Waals surface area contributed by atoms with Crippen LogP contribution in [-0.4, -0.2) is 10.5 Å². The quantitative estimate of drug-likeness (QED) is 0.424. The first-order valence-corrected chi connectivity index (χ1v) is 7.92. The van der Waals surface area contributed by atoms with Crippen LogP contribution in [0.25, 0.3) is 21.8 Å². The number of carbonyl (C=O) groups excluding carboxylic acids is 1. The predicted octanol–water partition coefficient (Wildman–Crippen LogP) is 4.30. The van der Waals surface area contributed by atoms with Crippen LogP contribution in [0.3, 0.4) is 0 Å². The Labute approximate surface area is 150 Å². The molecular formula is C20H11F4N2O. The second kappa shape index (κ2) is 6.12. The summed E-state index contributed by atoms with van der Waals surface area (Å²) in [5.74, 6) is -4.69. The molecule has 0 atom stereocenters. The third-order valence-corrected chi connectivity index (χ3v) is 4.44. The number of nitrogens with zero attached hydrogens (tertiary/aromatic N) is 1. The Morgan fingerprint density at radius 2 is 1.74 bits per heavy atom. The standard InChI is InChI=1S/C20H11F4N2O/c21-11-4-5-12-18(7-11)26(9-10-6-15(23)16(24)8-14(10)22)17-3-1-2-13(19(12)17)20(25)27/h1-4,6-8H,9H2,(H2,25,27). The van der Waals surface area contributed by atoms with Crippen LogP contribution in [0, 0.1) is 29.3 Å². The molecule has 135 valence electrons. The molecule has 0 aliphatic rings. The Morgan fingerprint density at radius 3 is 2.48 bits per heavy atom. The second-order valence-corrected chi connectivity index (χ2v) is 6.09. The van der Waals surface area contributed by atoms with E-state index in [2.05, 4.69) is 6.07 Å². The highest BCUT2D eigenvalue weighted by Gasteiger charge is 2.19. The smallest absolute Gasteiger partial charge is 0.249 e. The molecule has 0 saturated heterocycles. The van der Waals surface area contributed by atoms with E-state index in [1.54, 1.807) is 12.1 Å². The number of fused-ring (bicyclic) bond motifs is 3. The van der Waals surface area contributed by atoms with E-state index >= 15 is 0 Å². The summed E-state index contributed by atoms with van der Waals surface area (Å²) in [6, 6.07) is 11.0. The first-order valence-electron chi connectivity index (χ1n) is 7.92. The number of benzene rings is 3. The number of nitrogens with two attached hydrogens (primary N) is 1. The van der Waals surface area contributed by atoms with Crippen molar-refractivity contribution in [1.29, 1.82) is 0 Å². The maximum Gasteiger partial charge on any atom is 0.249 e. The van der Waals surface area contributed by atoms with Crippen molar-refractivity contribution in [3.63, 3.8) is 0 Å². The van der Waals surface area contributed by atoms with Gasteiger partial charge >= 0.3 is 0 Å². The maximum atomic E-state index is 14.1. The molecule has 0 bridgehead atoms. The van der Waals surface area contributed by atoms with Gasteiger partial charge in [0.15, 0.2) is 11.6 Å². The minimum atomic E-state index is -1.30. The van der Waals surface area contributed by atoms with Crippen LogP contribution >= 0.6 is 0 Å². The summed E-state index contributed by atoms with van der Waals surface area (Å²) in [5.41, 5.74) is 6.30. The highest BCUT2D eigenvalue weighted by molar-refractivity contribution is 6.17. The second-order valence-electron chi connectivity index (χ2n) is 6.09. The van der Waals surface area contributed by atoms with Crippen LogP contribution < -0.4 is 5.73 Å². The Hall–Kier alpha value is -3.35. The molecule has 1 amide bonds. The largest absolute Gasteiger partial charge is 0.366 e. The molecule has 0 unspecified atom stereocenters. The lowest BCUT2D eigenvalue weighted by Crippen LogP contribution is -2.11. The Balaban J connectivity index is 2.05. The van der Waals surface area contributed by atoms with Gasteiger partial charge in [-0.25, -0.2) is 17.6 Å². The maximum absolute atomic E-state index is 14.1. The van der Waals surface area contributed by atoms with Gasteiger partial charge in [-0.2, -0.15) is 0 Å². The van der Waals surface area contributed by atoms with Crippen molar-refractivity contribution in [2.24, 2.45) is 5.73 Å². The molecule has 27 heavy (non-hydrogen) atoms. The van der Waals surface area contributed by atoms with Gasteiger partial charge < -0.3 is 10.3 Å². The molecule has 0 fully saturated rings. The van der Waals surface area contributed by atoms with E-state index in [9.17, 15) is 22.4 Å². The molecule has 0 spiro atoms. The lowest BCUT2D eigenvalue weighted by Gasteiger charge is -2.10. The third-order valence-electron chi connectivity index (χ3n) is 4.44. The van der Waals surface area contributed by atoms with Crippen molar-refractivity contribution in [2.75, 3.05) is 0 Å². The highest BCUT2D eigenvalue weighted by Crippen LogP contribution is 2.33. The van der Waals surface area contributed by atoms with Crippen molar-refractivity contribution in [1.82, 2.24) is 4.57 Å². The highest BCUT2D eigenvalue weighted by atomic mass is 19.2. The zero-order valence-corrected chi connectivity index (χ0v) is 13.7. The molecule has 1 radical (unpaired) electrons. The Kier molecular flexibility index (Phi) is 3.87. The van der Waals surface area contributed by atoms with Gasteiger partial charge in [-0.15, -0.1) is 0 Å². The van der Waals surface area contributed by atoms with E-state index in [0.717, 1.165) is 12.1 Å². The van der Waals surface area contributed by atoms with Crippen LogP contribution in [0.4, 0.5) is 17.6 Å². The van der Waals surface area contributed by atoms with Gasteiger partial charge in [-0.1, -0.05) is 6.07 Å². The normalized spacial score (nSPS) is 11.4. The molecular weight excluding hydrogens is 360 g/mol. The van der Waals surface area contributed by atoms with Crippen LogP contribution in [-0.2, 0) is 6.54 Å². The van der Waals surface area contributed by atoms with E-state index in [1.807, 2.05) is 0 Å². The van der Waals surface area contributed by atoms with Crippen LogP contribution in [0.5, 0.6) is 0 Å². The SMILES string of the molecule is NC(=O)c1cccc2c1c1[c]cc(F)cc1n2Cc1cc(F)c(F)cc1F. The molecule has 0 saturated carbocycles. The van der Waals surface area contributed by atoms with Crippen LogP contribution in [0.1, 0.15) is 15.9 Å². The molecule has 0 aliphatic carbocycles. The summed E-state index contributed by atoms with van der Waals surface area (Å²) in [7, 11) is 0. The fourth-order valence-corrected chi connectivity index (χ4v) is 3.26. The van der Waals surface area contributed by atoms with Gasteiger partial charge in [0, 0.05) is 28.0 Å². The minimum Gasteiger partial charge on any atom is -0.366 e. The van der Waals surface area contributed by atoms with Crippen molar-refractivity contribution >= 4 is 27.7 Å². The summed E-state index contributed by atoms with van der Waals surface area (Å²) < 4.78 is 56.2. The first-order chi connectivity index (χ1) is 12.9. The molecule has 2 N–H and O–H groups in total. The van der Waals surface area contributed by atoms with Crippen molar-refractivity contribution in [3.8, 4) is 0 Å². The van der Waals surface area contributed by atoms with Gasteiger partial charge in [-0.05, 0) is 36.4 Å². The fraction of sp³-hybridized carbons (Fsp3) is 0.0500. The van der Waals surface area contributed by atoms with Crippen LogP contribution in [0.2, 0.25) is 0 Å². The average molecular weight is 371 g/mol. The van der Waals surface area contributed by atoms with Gasteiger partial charge in [0.25, 0.3) is 0 Å². The van der Waals surface area contributed by atoms with E-state index in [1.165, 1.54) is 16.7 Å². The van der Waals surface area contributed by atoms with Gasteiger partial charge in [-0.3, -0.25) is 4.79 Å². The van der Waals surface area contributed by atoms with Crippen LogP contribution in [0.15, 0.2) is 42.5 Å². The molecule has 1 aromatic heterocycles. The number of rotatable bonds is 3. The Bertz CT molecular complexity index is 1230. The molecule has 7 heteroatoms. The third kappa shape index (κ3) is 2.71. The topological polar surface area (TPSA) is 48.0 Å². The van der Waals surface area contributed by atoms with Crippen molar-refractivity contribution in [3.05, 3.63) is 82.9 Å². The summed E-state index contributed by atoms with van der Waals surface area (Å²) in [6.07, 6.45) is 0. The number of amides is 1. The number of hydrogen-bond acceptors (Lipinski definition) is 1. The Morgan fingerprint density at radius 1 is 1.00 bits per heavy atom. The first kappa shape index (κ1) is 17.1. The van der Waals surface area contributed by atoms with Crippen molar-refractivity contribution in [2.45, 2.75) is 6.54 Å². The van der Waals surface area contributed by atoms with Gasteiger partial charge in [0.1, 0.15) is 11.6 Å². The molecule has 4 aromatic rings. The molecule has 4 rings (SSSR count). The molecule has 3 aromatic carbocycles. The number of hydrogen-bond donors (Lipinski definition) is 1. The zero-order valence-electron chi connectivity index (χ0n) is 13.7.